The molecule has 4 saturated carbocycles. The highest BCUT2D eigenvalue weighted by Gasteiger charge is 2.72. The van der Waals surface area contributed by atoms with E-state index in [0.717, 1.165) is 19.3 Å². The number of aliphatic hydroxyl groups is 10. The van der Waals surface area contributed by atoms with E-state index in [1.165, 1.54) is 5.57 Å². The van der Waals surface area contributed by atoms with E-state index in [2.05, 4.69) is 54.5 Å². The van der Waals surface area contributed by atoms with Crippen molar-refractivity contribution >= 4 is 11.9 Å². The fraction of sp³-hybridized carbons (Fsp3) is 0.815. The molecule has 8 aliphatic rings. The van der Waals surface area contributed by atoms with Crippen molar-refractivity contribution in [2.75, 3.05) is 19.8 Å². The average Bonchev–Trinajstić information content (AvgIpc) is 3.34. The molecule has 1 aromatic carbocycles. The third-order valence-electron chi connectivity index (χ3n) is 20.3. The minimum absolute atomic E-state index is 0.00849. The van der Waals surface area contributed by atoms with Gasteiger partial charge in [-0.05, 0) is 108 Å². The van der Waals surface area contributed by atoms with E-state index in [1.807, 2.05) is 6.07 Å². The SMILES string of the molecule is CC1(C)C[C@H](OC(=O)c2ccccc2)[C@]2(CO)[C@H](O)C[C@]3(C)C(=CC[C@@H]4[C@@]5(C)CC[C@H](O[C@@H]6O[C@H](C(=O)O)[C@@H](O)[C@H](O[C@@H]7OC[C@@H](O)[C@H](O)[C@H]7O)[C@H]6O[C@@H]6O[C@H](CO)[C@H](O)[C@H](O)[C@H]6O)C(C)(C)[C@@H]5CC[C@]43C)[C@@H]2C1. The summed E-state index contributed by atoms with van der Waals surface area (Å²) in [6, 6.07) is 8.77. The van der Waals surface area contributed by atoms with E-state index >= 15 is 0 Å². The van der Waals surface area contributed by atoms with Crippen LogP contribution in [0.15, 0.2) is 42.0 Å². The molecule has 7 fully saturated rings. The van der Waals surface area contributed by atoms with Crippen LogP contribution in [0.1, 0.15) is 110 Å². The number of aliphatic hydroxyl groups excluding tert-OH is 10. The smallest absolute Gasteiger partial charge is 0.338 e. The summed E-state index contributed by atoms with van der Waals surface area (Å²) in [5.74, 6) is -2.29. The summed E-state index contributed by atoms with van der Waals surface area (Å²) in [4.78, 5) is 26.5. The van der Waals surface area contributed by atoms with Gasteiger partial charge in [0.05, 0.1) is 43.0 Å². The van der Waals surface area contributed by atoms with Gasteiger partial charge in [-0.25, -0.2) is 9.59 Å². The number of allylic oxidation sites excluding steroid dienone is 2. The molecule has 5 aliphatic carbocycles. The minimum atomic E-state index is -2.08. The van der Waals surface area contributed by atoms with Crippen LogP contribution in [0.3, 0.4) is 0 Å². The van der Waals surface area contributed by atoms with Crippen LogP contribution in [-0.4, -0.2) is 192 Å². The Morgan fingerprint density at radius 1 is 0.689 bits per heavy atom. The summed E-state index contributed by atoms with van der Waals surface area (Å²) < 4.78 is 42.8. The molecule has 416 valence electrons. The highest BCUT2D eigenvalue weighted by Crippen LogP contribution is 2.76. The number of benzene rings is 1. The first kappa shape index (κ1) is 56.0. The number of ether oxygens (including phenoxy) is 7. The molecule has 3 saturated heterocycles. The van der Waals surface area contributed by atoms with Crippen molar-refractivity contribution in [3.63, 3.8) is 0 Å². The van der Waals surface area contributed by atoms with Crippen LogP contribution in [0.2, 0.25) is 0 Å². The molecule has 3 aliphatic heterocycles. The molecule has 0 amide bonds. The number of hydrogen-bond acceptors (Lipinski definition) is 19. The predicted octanol–water partition coefficient (Wildman–Crippen LogP) is 1.15. The number of fused-ring (bicyclic) bond motifs is 7. The molecule has 0 aromatic heterocycles. The standard InChI is InChI=1S/C54H80O20/c1-49(2)19-27-26-13-14-31-51(5)17-16-33(50(3,4)30(51)15-18-52(31,6)53(26,7)20-32(58)54(27,24-56)34(21-49)70-45(67)25-11-9-8-10-12-25)71-48-43(74-47-39(63)37(61)36(60)29(22-55)69-47)41(40(64)42(73-48)44(65)66)72-46-38(62)35(59)28(57)23-68-46/h8-13,27-43,46-48,55-64H,14-24H2,1-7H3,(H,65,66)/t27-,28+,29+,30-,31+,32+,33-,34-,35-,36-,37-,38+,39+,40-,41-,42-,43+,46-,47-,48+,51-,52+,53+,54-/m0/s1. The number of carbonyl (C=O) groups excluding carboxylic acids is 1. The van der Waals surface area contributed by atoms with Gasteiger partial charge in [0.25, 0.3) is 0 Å². The molecule has 24 atom stereocenters. The van der Waals surface area contributed by atoms with Crippen molar-refractivity contribution < 1.29 is 98.9 Å². The van der Waals surface area contributed by atoms with Crippen LogP contribution in [0.4, 0.5) is 0 Å². The third-order valence-corrected chi connectivity index (χ3v) is 20.3. The molecular weight excluding hydrogens is 969 g/mol. The Labute approximate surface area is 431 Å². The molecule has 0 radical (unpaired) electrons. The van der Waals surface area contributed by atoms with Gasteiger partial charge >= 0.3 is 11.9 Å². The molecular formula is C54H80O20. The van der Waals surface area contributed by atoms with Crippen LogP contribution in [0.25, 0.3) is 0 Å². The van der Waals surface area contributed by atoms with E-state index in [-0.39, 0.29) is 40.6 Å². The zero-order valence-corrected chi connectivity index (χ0v) is 43.4. The summed E-state index contributed by atoms with van der Waals surface area (Å²) in [7, 11) is 0. The monoisotopic (exact) mass is 1050 g/mol. The fourth-order valence-corrected chi connectivity index (χ4v) is 16.0. The lowest BCUT2D eigenvalue weighted by Crippen LogP contribution is -2.70. The van der Waals surface area contributed by atoms with Crippen molar-refractivity contribution in [2.24, 2.45) is 50.2 Å². The number of aliphatic carboxylic acids is 1. The van der Waals surface area contributed by atoms with Gasteiger partial charge in [0.2, 0.25) is 0 Å². The van der Waals surface area contributed by atoms with E-state index < -0.39 is 146 Å². The molecule has 0 spiro atoms. The summed E-state index contributed by atoms with van der Waals surface area (Å²) >= 11 is 0. The van der Waals surface area contributed by atoms with Gasteiger partial charge < -0.3 is 89.3 Å². The number of carbonyl (C=O) groups is 2. The first-order valence-corrected chi connectivity index (χ1v) is 26.4. The maximum atomic E-state index is 13.7. The molecule has 9 rings (SSSR count). The molecule has 11 N–H and O–H groups in total. The highest BCUT2D eigenvalue weighted by atomic mass is 16.8. The first-order valence-electron chi connectivity index (χ1n) is 26.4. The van der Waals surface area contributed by atoms with Crippen LogP contribution in [0, 0.1) is 50.2 Å². The van der Waals surface area contributed by atoms with E-state index in [9.17, 15) is 65.8 Å². The second-order valence-corrected chi connectivity index (χ2v) is 25.1. The maximum Gasteiger partial charge on any atom is 0.338 e. The Hall–Kier alpha value is -2.74. The largest absolute Gasteiger partial charge is 0.479 e. The van der Waals surface area contributed by atoms with Gasteiger partial charge in [0.15, 0.2) is 25.0 Å². The van der Waals surface area contributed by atoms with Crippen molar-refractivity contribution in [1.29, 1.82) is 0 Å². The number of carboxylic acid groups (broad SMARTS) is 1. The quantitative estimate of drug-likeness (QED) is 0.0841. The maximum absolute atomic E-state index is 13.7. The molecule has 74 heavy (non-hydrogen) atoms. The first-order chi connectivity index (χ1) is 34.7. The lowest BCUT2D eigenvalue weighted by molar-refractivity contribution is -0.392. The highest BCUT2D eigenvalue weighted by molar-refractivity contribution is 5.89. The van der Waals surface area contributed by atoms with Gasteiger partial charge in [-0.2, -0.15) is 0 Å². The average molecular weight is 1050 g/mol. The summed E-state index contributed by atoms with van der Waals surface area (Å²) in [5, 5.41) is 120. The Bertz CT molecular complexity index is 2230. The van der Waals surface area contributed by atoms with Crippen LogP contribution in [-0.2, 0) is 38.0 Å². The van der Waals surface area contributed by atoms with Gasteiger partial charge in [-0.1, -0.05) is 78.3 Å². The van der Waals surface area contributed by atoms with Crippen LogP contribution < -0.4 is 0 Å². The van der Waals surface area contributed by atoms with Gasteiger partial charge in [-0.15, -0.1) is 0 Å². The number of rotatable bonds is 11. The van der Waals surface area contributed by atoms with E-state index in [1.54, 1.807) is 24.3 Å². The minimum Gasteiger partial charge on any atom is -0.479 e. The van der Waals surface area contributed by atoms with Gasteiger partial charge in [0, 0.05) is 0 Å². The molecule has 0 unspecified atom stereocenters. The van der Waals surface area contributed by atoms with Gasteiger partial charge in [-0.3, -0.25) is 0 Å². The molecule has 0 bridgehead atoms. The van der Waals surface area contributed by atoms with Gasteiger partial charge in [0.1, 0.15) is 67.1 Å². The number of hydrogen-bond donors (Lipinski definition) is 11. The summed E-state index contributed by atoms with van der Waals surface area (Å²) in [5.41, 5.74) is -1.65. The molecule has 20 heteroatoms. The van der Waals surface area contributed by atoms with Crippen LogP contribution >= 0.6 is 0 Å². The molecule has 1 aromatic rings. The van der Waals surface area contributed by atoms with Crippen LogP contribution in [0.5, 0.6) is 0 Å². The zero-order valence-electron chi connectivity index (χ0n) is 43.4. The molecule has 3 heterocycles. The Balaban J connectivity index is 1.02. The topological polar surface area (TPSA) is 321 Å². The second kappa shape index (κ2) is 20.2. The summed E-state index contributed by atoms with van der Waals surface area (Å²) in [6.07, 6.45) is -20.5. The van der Waals surface area contributed by atoms with Crippen molar-refractivity contribution in [3.8, 4) is 0 Å². The zero-order chi connectivity index (χ0) is 53.8. The van der Waals surface area contributed by atoms with Crippen molar-refractivity contribution in [3.05, 3.63) is 47.5 Å². The van der Waals surface area contributed by atoms with E-state index in [0.29, 0.717) is 37.7 Å². The van der Waals surface area contributed by atoms with Crippen molar-refractivity contribution in [2.45, 2.75) is 204 Å². The van der Waals surface area contributed by atoms with E-state index in [4.69, 9.17) is 33.2 Å². The predicted molar refractivity (Wildman–Crippen MR) is 257 cm³/mol. The normalized spacial score (nSPS) is 49.7. The molecule has 20 nitrogen and oxygen atoms in total. The Morgan fingerprint density at radius 2 is 1.36 bits per heavy atom. The Kier molecular flexibility index (Phi) is 15.3. The number of esters is 1. The Morgan fingerprint density at radius 3 is 2.03 bits per heavy atom. The third kappa shape index (κ3) is 8.91. The lowest BCUT2D eigenvalue weighted by atomic mass is 9.33. The summed E-state index contributed by atoms with van der Waals surface area (Å²) in [6.45, 7) is 13.8. The number of carboxylic acids is 1. The fourth-order valence-electron chi connectivity index (χ4n) is 16.0. The second-order valence-electron chi connectivity index (χ2n) is 25.1. The van der Waals surface area contributed by atoms with Crippen molar-refractivity contribution in [1.82, 2.24) is 0 Å². The lowest BCUT2D eigenvalue weighted by Gasteiger charge is -2.72.